The first-order valence-corrected chi connectivity index (χ1v) is 9.88. The van der Waals surface area contributed by atoms with Crippen molar-refractivity contribution in [1.29, 1.82) is 0 Å². The summed E-state index contributed by atoms with van der Waals surface area (Å²) in [5.74, 6) is -1.28. The summed E-state index contributed by atoms with van der Waals surface area (Å²) in [4.78, 5) is 43.7. The van der Waals surface area contributed by atoms with Crippen LogP contribution in [0.15, 0.2) is 17.1 Å². The van der Waals surface area contributed by atoms with E-state index in [9.17, 15) is 14.4 Å². The minimum absolute atomic E-state index is 0.135. The maximum atomic E-state index is 13.3. The number of rotatable bonds is 7. The number of nitrogens with one attached hydrogen (secondary N) is 1. The molecule has 0 bridgehead atoms. The SMILES string of the molecule is CCCCOc1c(C(=O)OC)nc2c(NC(C)=O)cc(N3CCOCC3)cn2c1=O. The third-order valence-corrected chi connectivity index (χ3v) is 4.68. The van der Waals surface area contributed by atoms with E-state index >= 15 is 0 Å². The Morgan fingerprint density at radius 3 is 2.67 bits per heavy atom. The number of carbonyl (C=O) groups is 2. The highest BCUT2D eigenvalue weighted by atomic mass is 16.5. The number of amides is 1. The first-order chi connectivity index (χ1) is 14.5. The van der Waals surface area contributed by atoms with Gasteiger partial charge in [-0.1, -0.05) is 13.3 Å². The lowest BCUT2D eigenvalue weighted by Crippen LogP contribution is -2.36. The maximum Gasteiger partial charge on any atom is 0.360 e. The Kier molecular flexibility index (Phi) is 6.88. The van der Waals surface area contributed by atoms with Crippen LogP contribution in [0.25, 0.3) is 5.65 Å². The Balaban J connectivity index is 2.22. The van der Waals surface area contributed by atoms with E-state index in [1.165, 1.54) is 18.4 Å². The van der Waals surface area contributed by atoms with Crippen LogP contribution in [-0.2, 0) is 14.3 Å². The largest absolute Gasteiger partial charge is 0.486 e. The van der Waals surface area contributed by atoms with Crippen molar-refractivity contribution in [2.45, 2.75) is 26.7 Å². The van der Waals surface area contributed by atoms with Crippen molar-refractivity contribution in [3.63, 3.8) is 0 Å². The second-order valence-electron chi connectivity index (χ2n) is 6.87. The fraction of sp³-hybridized carbons (Fsp3) is 0.500. The van der Waals surface area contributed by atoms with E-state index in [0.29, 0.717) is 38.4 Å². The van der Waals surface area contributed by atoms with Crippen molar-refractivity contribution >= 4 is 28.9 Å². The quantitative estimate of drug-likeness (QED) is 0.531. The zero-order valence-electron chi connectivity index (χ0n) is 17.4. The molecule has 1 saturated heterocycles. The molecule has 10 heteroatoms. The number of methoxy groups -OCH3 is 1. The Morgan fingerprint density at radius 2 is 2.03 bits per heavy atom. The van der Waals surface area contributed by atoms with Gasteiger partial charge in [0.1, 0.15) is 0 Å². The summed E-state index contributed by atoms with van der Waals surface area (Å²) in [6.45, 7) is 6.04. The lowest BCUT2D eigenvalue weighted by atomic mass is 10.2. The monoisotopic (exact) mass is 418 g/mol. The highest BCUT2D eigenvalue weighted by Crippen LogP contribution is 2.26. The lowest BCUT2D eigenvalue weighted by molar-refractivity contribution is -0.114. The summed E-state index contributed by atoms with van der Waals surface area (Å²) < 4.78 is 17.1. The molecular formula is C20H26N4O6. The molecular weight excluding hydrogens is 392 g/mol. The highest BCUT2D eigenvalue weighted by molar-refractivity contribution is 5.95. The summed E-state index contributed by atoms with van der Waals surface area (Å²) >= 11 is 0. The number of fused-ring (bicyclic) bond motifs is 1. The summed E-state index contributed by atoms with van der Waals surface area (Å²) in [5.41, 5.74) is 0.413. The van der Waals surface area contributed by atoms with Crippen LogP contribution >= 0.6 is 0 Å². The molecule has 1 aliphatic rings. The van der Waals surface area contributed by atoms with Gasteiger partial charge in [0.05, 0.1) is 38.3 Å². The van der Waals surface area contributed by atoms with E-state index in [0.717, 1.165) is 12.1 Å². The average molecular weight is 418 g/mol. The van der Waals surface area contributed by atoms with Crippen molar-refractivity contribution in [2.24, 2.45) is 0 Å². The molecule has 0 aliphatic carbocycles. The molecule has 2 aromatic rings. The van der Waals surface area contributed by atoms with Crippen molar-refractivity contribution in [3.8, 4) is 5.75 Å². The number of carbonyl (C=O) groups excluding carboxylic acids is 2. The van der Waals surface area contributed by atoms with Gasteiger partial charge in [-0.15, -0.1) is 0 Å². The fourth-order valence-electron chi connectivity index (χ4n) is 3.17. The Labute approximate surface area is 173 Å². The lowest BCUT2D eigenvalue weighted by Gasteiger charge is -2.29. The second kappa shape index (κ2) is 9.57. The molecule has 1 N–H and O–H groups in total. The number of anilines is 2. The molecule has 0 spiro atoms. The summed E-state index contributed by atoms with van der Waals surface area (Å²) in [6, 6.07) is 1.73. The number of nitrogens with zero attached hydrogens (tertiary/aromatic N) is 3. The van der Waals surface area contributed by atoms with Crippen LogP contribution in [0.1, 0.15) is 37.2 Å². The molecule has 1 aliphatic heterocycles. The van der Waals surface area contributed by atoms with E-state index in [-0.39, 0.29) is 29.6 Å². The normalized spacial score (nSPS) is 13.9. The number of hydrogen-bond donors (Lipinski definition) is 1. The predicted molar refractivity (Wildman–Crippen MR) is 111 cm³/mol. The molecule has 10 nitrogen and oxygen atoms in total. The van der Waals surface area contributed by atoms with E-state index in [2.05, 4.69) is 10.3 Å². The first-order valence-electron chi connectivity index (χ1n) is 9.88. The van der Waals surface area contributed by atoms with Gasteiger partial charge in [0.15, 0.2) is 11.3 Å². The van der Waals surface area contributed by atoms with E-state index in [4.69, 9.17) is 14.2 Å². The molecule has 3 heterocycles. The van der Waals surface area contributed by atoms with E-state index in [1.54, 1.807) is 12.3 Å². The van der Waals surface area contributed by atoms with Crippen LogP contribution in [0, 0.1) is 0 Å². The molecule has 1 fully saturated rings. The van der Waals surface area contributed by atoms with Gasteiger partial charge in [-0.3, -0.25) is 14.0 Å². The third-order valence-electron chi connectivity index (χ3n) is 4.68. The summed E-state index contributed by atoms with van der Waals surface area (Å²) in [6.07, 6.45) is 3.21. The van der Waals surface area contributed by atoms with Crippen LogP contribution in [0.3, 0.4) is 0 Å². The molecule has 2 aromatic heterocycles. The number of unbranched alkanes of at least 4 members (excludes halogenated alkanes) is 1. The number of aromatic nitrogens is 2. The Morgan fingerprint density at radius 1 is 1.30 bits per heavy atom. The minimum Gasteiger partial charge on any atom is -0.486 e. The molecule has 0 atom stereocenters. The van der Waals surface area contributed by atoms with Crippen molar-refractivity contribution in [3.05, 3.63) is 28.3 Å². The average Bonchev–Trinajstić information content (AvgIpc) is 2.75. The zero-order valence-corrected chi connectivity index (χ0v) is 17.4. The molecule has 1 amide bonds. The van der Waals surface area contributed by atoms with Crippen LogP contribution in [0.4, 0.5) is 11.4 Å². The van der Waals surface area contributed by atoms with Crippen molar-refractivity contribution in [1.82, 2.24) is 9.38 Å². The smallest absolute Gasteiger partial charge is 0.360 e. The van der Waals surface area contributed by atoms with Gasteiger partial charge in [-0.2, -0.15) is 0 Å². The van der Waals surface area contributed by atoms with Crippen LogP contribution in [0.2, 0.25) is 0 Å². The topological polar surface area (TPSA) is 111 Å². The van der Waals surface area contributed by atoms with Crippen LogP contribution in [-0.4, -0.2) is 61.3 Å². The molecule has 30 heavy (non-hydrogen) atoms. The van der Waals surface area contributed by atoms with Gasteiger partial charge in [0.2, 0.25) is 11.7 Å². The van der Waals surface area contributed by atoms with Gasteiger partial charge in [0, 0.05) is 26.2 Å². The molecule has 0 saturated carbocycles. The number of hydrogen-bond acceptors (Lipinski definition) is 8. The number of esters is 1. The number of pyridine rings is 1. The molecule has 0 unspecified atom stereocenters. The maximum absolute atomic E-state index is 13.3. The highest BCUT2D eigenvalue weighted by Gasteiger charge is 2.24. The number of morpholine rings is 1. The van der Waals surface area contributed by atoms with Gasteiger partial charge in [-0.25, -0.2) is 9.78 Å². The summed E-state index contributed by atoms with van der Waals surface area (Å²) in [7, 11) is 1.21. The minimum atomic E-state index is -0.785. The van der Waals surface area contributed by atoms with Gasteiger partial charge < -0.3 is 24.4 Å². The van der Waals surface area contributed by atoms with Crippen molar-refractivity contribution in [2.75, 3.05) is 50.2 Å². The van der Waals surface area contributed by atoms with E-state index < -0.39 is 11.5 Å². The fourth-order valence-corrected chi connectivity index (χ4v) is 3.17. The Bertz CT molecular complexity index is 997. The zero-order chi connectivity index (χ0) is 21.7. The van der Waals surface area contributed by atoms with Gasteiger partial charge >= 0.3 is 11.5 Å². The summed E-state index contributed by atoms with van der Waals surface area (Å²) in [5, 5.41) is 2.70. The Hall–Kier alpha value is -3.14. The third kappa shape index (κ3) is 4.54. The van der Waals surface area contributed by atoms with E-state index in [1.807, 2.05) is 11.8 Å². The molecule has 0 radical (unpaired) electrons. The van der Waals surface area contributed by atoms with Gasteiger partial charge in [-0.05, 0) is 12.5 Å². The van der Waals surface area contributed by atoms with Crippen LogP contribution in [0.5, 0.6) is 5.75 Å². The number of ether oxygens (including phenoxy) is 3. The molecule has 3 rings (SSSR count). The second-order valence-corrected chi connectivity index (χ2v) is 6.87. The van der Waals surface area contributed by atoms with Crippen LogP contribution < -0.4 is 20.5 Å². The van der Waals surface area contributed by atoms with Crippen molar-refractivity contribution < 1.29 is 23.8 Å². The molecule has 162 valence electrons. The standard InChI is InChI=1S/C20H26N4O6/c1-4-5-8-30-17-16(20(27)28-3)22-18-15(21-13(2)25)11-14(12-24(18)19(17)26)23-6-9-29-10-7-23/h11-12H,4-10H2,1-3H3,(H,21,25). The first kappa shape index (κ1) is 21.6. The van der Waals surface area contributed by atoms with Gasteiger partial charge in [0.25, 0.3) is 0 Å². The predicted octanol–water partition coefficient (Wildman–Crippen LogP) is 1.46. The molecule has 0 aromatic carbocycles.